The Kier molecular flexibility index (Phi) is 3.40. The van der Waals surface area contributed by atoms with Gasteiger partial charge in [0.05, 0.1) is 23.6 Å². The predicted octanol–water partition coefficient (Wildman–Crippen LogP) is 1.39. The van der Waals surface area contributed by atoms with E-state index in [0.29, 0.717) is 6.42 Å². The summed E-state index contributed by atoms with van der Waals surface area (Å²) in [5, 5.41) is 17.9. The molecule has 7 heteroatoms. The Labute approximate surface area is 128 Å². The van der Waals surface area contributed by atoms with Crippen LogP contribution in [0.5, 0.6) is 0 Å². The third-order valence-corrected chi connectivity index (χ3v) is 4.91. The van der Waals surface area contributed by atoms with Gasteiger partial charge in [-0.2, -0.15) is 20.5 Å². The number of nitrogens with one attached hydrogen (secondary N) is 2. The summed E-state index contributed by atoms with van der Waals surface area (Å²) in [6.45, 7) is 0.844. The molecule has 2 aromatic rings. The highest BCUT2D eigenvalue weighted by atomic mass is 16.2. The molecule has 0 spiro atoms. The van der Waals surface area contributed by atoms with Gasteiger partial charge in [-0.3, -0.25) is 9.89 Å². The Morgan fingerprint density at radius 1 is 1.23 bits per heavy atom. The smallest absolute Gasteiger partial charge is 0.226 e. The standard InChI is InChI=1S/C15H20N6O/c22-15(10-4-5-12-13(7-10)19-20-18-12)21-6-2-1-3-14(21)11-8-16-17-9-11/h8-10,14H,1-7H2,(H,16,17)(H,18,19,20). The molecule has 1 aliphatic heterocycles. The van der Waals surface area contributed by atoms with E-state index in [2.05, 4.69) is 30.5 Å². The summed E-state index contributed by atoms with van der Waals surface area (Å²) in [5.74, 6) is 0.296. The number of H-pyrrole nitrogens is 2. The summed E-state index contributed by atoms with van der Waals surface area (Å²) in [6, 6.07) is 0.165. The monoisotopic (exact) mass is 300 g/mol. The quantitative estimate of drug-likeness (QED) is 0.877. The molecular weight excluding hydrogens is 280 g/mol. The largest absolute Gasteiger partial charge is 0.335 e. The summed E-state index contributed by atoms with van der Waals surface area (Å²) in [4.78, 5) is 15.1. The number of aryl methyl sites for hydroxylation is 1. The SMILES string of the molecule is O=C(C1CCc2n[nH]nc2C1)N1CCCCC1c1cn[nH]c1. The molecule has 2 aromatic heterocycles. The summed E-state index contributed by atoms with van der Waals surface area (Å²) >= 11 is 0. The van der Waals surface area contributed by atoms with E-state index < -0.39 is 0 Å². The van der Waals surface area contributed by atoms with Crippen LogP contribution >= 0.6 is 0 Å². The molecule has 3 heterocycles. The van der Waals surface area contributed by atoms with E-state index in [0.717, 1.165) is 55.6 Å². The van der Waals surface area contributed by atoms with Gasteiger partial charge in [-0.15, -0.1) is 0 Å². The van der Waals surface area contributed by atoms with E-state index in [-0.39, 0.29) is 17.9 Å². The highest BCUT2D eigenvalue weighted by Crippen LogP contribution is 2.33. The van der Waals surface area contributed by atoms with Gasteiger partial charge >= 0.3 is 0 Å². The van der Waals surface area contributed by atoms with E-state index in [9.17, 15) is 4.79 Å². The Bertz CT molecular complexity index is 649. The van der Waals surface area contributed by atoms with Crippen molar-refractivity contribution in [2.24, 2.45) is 5.92 Å². The first kappa shape index (κ1) is 13.5. The van der Waals surface area contributed by atoms with Gasteiger partial charge in [-0.25, -0.2) is 0 Å². The van der Waals surface area contributed by atoms with E-state index in [1.807, 2.05) is 12.4 Å². The minimum atomic E-state index is 0.0325. The molecule has 0 radical (unpaired) electrons. The number of rotatable bonds is 2. The number of likely N-dealkylation sites (tertiary alicyclic amines) is 1. The number of piperidine rings is 1. The first-order valence-electron chi connectivity index (χ1n) is 8.00. The Hall–Kier alpha value is -2.18. The lowest BCUT2D eigenvalue weighted by Gasteiger charge is -2.38. The van der Waals surface area contributed by atoms with Crippen molar-refractivity contribution in [3.8, 4) is 0 Å². The fraction of sp³-hybridized carbons (Fsp3) is 0.600. The van der Waals surface area contributed by atoms with Crippen molar-refractivity contribution in [1.82, 2.24) is 30.5 Å². The normalized spacial score (nSPS) is 25.0. The van der Waals surface area contributed by atoms with Crippen molar-refractivity contribution in [2.75, 3.05) is 6.54 Å². The van der Waals surface area contributed by atoms with E-state index in [4.69, 9.17) is 0 Å². The Morgan fingerprint density at radius 2 is 2.14 bits per heavy atom. The summed E-state index contributed by atoms with van der Waals surface area (Å²) in [7, 11) is 0. The lowest BCUT2D eigenvalue weighted by molar-refractivity contribution is -0.140. The van der Waals surface area contributed by atoms with Crippen molar-refractivity contribution >= 4 is 5.91 Å². The minimum Gasteiger partial charge on any atom is -0.335 e. The summed E-state index contributed by atoms with van der Waals surface area (Å²) in [5.41, 5.74) is 3.10. The number of aromatic nitrogens is 5. The molecular formula is C15H20N6O. The molecule has 1 fully saturated rings. The van der Waals surface area contributed by atoms with Gasteiger partial charge in [0.15, 0.2) is 0 Å². The van der Waals surface area contributed by atoms with E-state index >= 15 is 0 Å². The number of amides is 1. The highest BCUT2D eigenvalue weighted by molar-refractivity contribution is 5.80. The van der Waals surface area contributed by atoms with E-state index in [1.165, 1.54) is 0 Å². The molecule has 0 aromatic carbocycles. The van der Waals surface area contributed by atoms with Crippen molar-refractivity contribution in [2.45, 2.75) is 44.6 Å². The van der Waals surface area contributed by atoms with Crippen LogP contribution in [0.3, 0.4) is 0 Å². The van der Waals surface area contributed by atoms with Gasteiger partial charge in [0, 0.05) is 30.6 Å². The number of carbonyl (C=O) groups is 1. The summed E-state index contributed by atoms with van der Waals surface area (Å²) in [6.07, 6.45) is 9.44. The van der Waals surface area contributed by atoms with Crippen LogP contribution in [0.2, 0.25) is 0 Å². The van der Waals surface area contributed by atoms with Crippen molar-refractivity contribution < 1.29 is 4.79 Å². The number of hydrogen-bond acceptors (Lipinski definition) is 4. The van der Waals surface area contributed by atoms with Gasteiger partial charge in [-0.05, 0) is 32.1 Å². The minimum absolute atomic E-state index is 0.0325. The third-order valence-electron chi connectivity index (χ3n) is 4.91. The van der Waals surface area contributed by atoms with Crippen molar-refractivity contribution in [1.29, 1.82) is 0 Å². The second kappa shape index (κ2) is 5.55. The average Bonchev–Trinajstić information content (AvgIpc) is 3.24. The number of nitrogens with zero attached hydrogens (tertiary/aromatic N) is 4. The molecule has 2 N–H and O–H groups in total. The Morgan fingerprint density at radius 3 is 3.00 bits per heavy atom. The fourth-order valence-electron chi connectivity index (χ4n) is 3.72. The van der Waals surface area contributed by atoms with Crippen LogP contribution in [-0.4, -0.2) is 43.0 Å². The van der Waals surface area contributed by atoms with Gasteiger partial charge < -0.3 is 4.90 Å². The maximum Gasteiger partial charge on any atom is 0.226 e. The molecule has 116 valence electrons. The summed E-state index contributed by atoms with van der Waals surface area (Å²) < 4.78 is 0. The molecule has 1 aliphatic carbocycles. The van der Waals surface area contributed by atoms with Gasteiger partial charge in [-0.1, -0.05) is 0 Å². The molecule has 4 rings (SSSR count). The average molecular weight is 300 g/mol. The predicted molar refractivity (Wildman–Crippen MR) is 78.8 cm³/mol. The molecule has 2 unspecified atom stereocenters. The van der Waals surface area contributed by atoms with Gasteiger partial charge in [0.25, 0.3) is 0 Å². The Balaban J connectivity index is 1.53. The molecule has 0 saturated carbocycles. The lowest BCUT2D eigenvalue weighted by Crippen LogP contribution is -2.43. The maximum absolute atomic E-state index is 13.0. The molecule has 2 aliphatic rings. The molecule has 2 atom stereocenters. The van der Waals surface area contributed by atoms with Crippen molar-refractivity contribution in [3.05, 3.63) is 29.3 Å². The second-order valence-corrected chi connectivity index (χ2v) is 6.23. The molecule has 1 amide bonds. The zero-order valence-corrected chi connectivity index (χ0v) is 12.5. The van der Waals surface area contributed by atoms with Crippen LogP contribution < -0.4 is 0 Å². The topological polar surface area (TPSA) is 90.6 Å². The third kappa shape index (κ3) is 2.30. The van der Waals surface area contributed by atoms with Crippen LogP contribution in [0.15, 0.2) is 12.4 Å². The number of aromatic amines is 2. The maximum atomic E-state index is 13.0. The molecule has 22 heavy (non-hydrogen) atoms. The first-order chi connectivity index (χ1) is 10.8. The highest BCUT2D eigenvalue weighted by Gasteiger charge is 2.35. The van der Waals surface area contributed by atoms with Crippen LogP contribution in [0.4, 0.5) is 0 Å². The van der Waals surface area contributed by atoms with Crippen LogP contribution in [0, 0.1) is 5.92 Å². The number of fused-ring (bicyclic) bond motifs is 1. The zero-order valence-electron chi connectivity index (χ0n) is 12.5. The van der Waals surface area contributed by atoms with E-state index in [1.54, 1.807) is 0 Å². The first-order valence-corrected chi connectivity index (χ1v) is 8.00. The molecule has 0 bridgehead atoms. The number of carbonyl (C=O) groups excluding carboxylic acids is 1. The number of hydrogen-bond donors (Lipinski definition) is 2. The van der Waals surface area contributed by atoms with Gasteiger partial charge in [0.2, 0.25) is 5.91 Å². The zero-order chi connectivity index (χ0) is 14.9. The van der Waals surface area contributed by atoms with Crippen molar-refractivity contribution in [3.63, 3.8) is 0 Å². The van der Waals surface area contributed by atoms with Crippen LogP contribution in [0.25, 0.3) is 0 Å². The van der Waals surface area contributed by atoms with Crippen LogP contribution in [0.1, 0.15) is 48.7 Å². The molecule has 1 saturated heterocycles. The molecule has 7 nitrogen and oxygen atoms in total. The van der Waals surface area contributed by atoms with Crippen LogP contribution in [-0.2, 0) is 17.6 Å². The van der Waals surface area contributed by atoms with Gasteiger partial charge in [0.1, 0.15) is 0 Å². The second-order valence-electron chi connectivity index (χ2n) is 6.23. The fourth-order valence-corrected chi connectivity index (χ4v) is 3.72. The lowest BCUT2D eigenvalue weighted by atomic mass is 9.87.